The third kappa shape index (κ3) is 4.67. The van der Waals surface area contributed by atoms with Crippen LogP contribution in [0.5, 0.6) is 5.75 Å². The first kappa shape index (κ1) is 22.3. The molecule has 8 nitrogen and oxygen atoms in total. The number of nitriles is 1. The summed E-state index contributed by atoms with van der Waals surface area (Å²) in [5, 5.41) is 23.5. The van der Waals surface area contributed by atoms with Gasteiger partial charge >= 0.3 is 0 Å². The van der Waals surface area contributed by atoms with Gasteiger partial charge in [-0.2, -0.15) is 9.57 Å². The van der Waals surface area contributed by atoms with Crippen molar-refractivity contribution in [2.24, 2.45) is 0 Å². The van der Waals surface area contributed by atoms with Crippen LogP contribution in [-0.2, 0) is 14.8 Å². The molecule has 1 fully saturated rings. The number of rotatable bonds is 5. The molecule has 0 bridgehead atoms. The van der Waals surface area contributed by atoms with Gasteiger partial charge in [-0.15, -0.1) is 0 Å². The predicted octanol–water partition coefficient (Wildman–Crippen LogP) is 2.90. The third-order valence-electron chi connectivity index (χ3n) is 5.48. The Morgan fingerprint density at radius 3 is 2.30 bits per heavy atom. The van der Waals surface area contributed by atoms with E-state index in [1.54, 1.807) is 71.6 Å². The van der Waals surface area contributed by atoms with Crippen molar-refractivity contribution in [3.8, 4) is 11.8 Å². The molecule has 4 rings (SSSR count). The first-order valence-electron chi connectivity index (χ1n) is 10.3. The summed E-state index contributed by atoms with van der Waals surface area (Å²) in [6, 6.07) is 20.3. The summed E-state index contributed by atoms with van der Waals surface area (Å²) in [6.07, 6.45) is 1.46. The monoisotopic (exact) mass is 462 g/mol. The molecule has 2 N–H and O–H groups in total. The molecular weight excluding hydrogens is 440 g/mol. The van der Waals surface area contributed by atoms with Crippen molar-refractivity contribution in [1.29, 1.82) is 5.26 Å². The van der Waals surface area contributed by atoms with Crippen LogP contribution in [0.2, 0.25) is 0 Å². The average molecular weight is 463 g/mol. The van der Waals surface area contributed by atoms with Crippen LogP contribution in [0.15, 0.2) is 83.4 Å². The van der Waals surface area contributed by atoms with Crippen molar-refractivity contribution in [3.05, 3.63) is 78.5 Å². The summed E-state index contributed by atoms with van der Waals surface area (Å²) < 4.78 is 26.9. The first-order valence-corrected chi connectivity index (χ1v) is 11.8. The molecule has 0 aromatic heterocycles. The second kappa shape index (κ2) is 9.32. The van der Waals surface area contributed by atoms with Gasteiger partial charge in [-0.25, -0.2) is 8.42 Å². The maximum Gasteiger partial charge on any atom is 0.267 e. The predicted molar refractivity (Wildman–Crippen MR) is 125 cm³/mol. The molecule has 0 saturated carbocycles. The molecule has 0 unspecified atom stereocenters. The third-order valence-corrected chi connectivity index (χ3v) is 7.39. The first-order chi connectivity index (χ1) is 15.9. The summed E-state index contributed by atoms with van der Waals surface area (Å²) in [5.41, 5.74) is 0.389. The van der Waals surface area contributed by atoms with Gasteiger partial charge in [0, 0.05) is 48.8 Å². The van der Waals surface area contributed by atoms with Crippen LogP contribution in [0.25, 0.3) is 10.8 Å². The molecule has 1 amide bonds. The van der Waals surface area contributed by atoms with Gasteiger partial charge in [0.1, 0.15) is 17.4 Å². The Kier molecular flexibility index (Phi) is 6.31. The van der Waals surface area contributed by atoms with E-state index >= 15 is 0 Å². The van der Waals surface area contributed by atoms with Crippen LogP contribution in [0.3, 0.4) is 0 Å². The highest BCUT2D eigenvalue weighted by Gasteiger charge is 2.28. The van der Waals surface area contributed by atoms with Crippen LogP contribution in [0.1, 0.15) is 0 Å². The number of aromatic hydroxyl groups is 1. The smallest absolute Gasteiger partial charge is 0.267 e. The molecule has 3 aromatic carbocycles. The van der Waals surface area contributed by atoms with Crippen molar-refractivity contribution in [2.75, 3.05) is 31.5 Å². The Balaban J connectivity index is 1.46. The molecule has 1 aliphatic rings. The number of phenols is 1. The van der Waals surface area contributed by atoms with Gasteiger partial charge in [-0.1, -0.05) is 42.5 Å². The minimum absolute atomic E-state index is 0.0912. The number of hydrogen-bond donors (Lipinski definition) is 2. The largest absolute Gasteiger partial charge is 0.507 e. The summed E-state index contributed by atoms with van der Waals surface area (Å²) in [6.45, 7) is 1.20. The minimum Gasteiger partial charge on any atom is -0.507 e. The molecule has 9 heteroatoms. The lowest BCUT2D eigenvalue weighted by molar-refractivity contribution is -0.112. The van der Waals surface area contributed by atoms with E-state index in [0.717, 1.165) is 0 Å². The van der Waals surface area contributed by atoms with Gasteiger partial charge in [0.15, 0.2) is 0 Å². The lowest BCUT2D eigenvalue weighted by Gasteiger charge is -2.33. The van der Waals surface area contributed by atoms with Crippen LogP contribution < -0.4 is 5.32 Å². The second-order valence-electron chi connectivity index (χ2n) is 7.54. The summed E-state index contributed by atoms with van der Waals surface area (Å²) >= 11 is 0. The number of amides is 1. The number of nitrogens with zero attached hydrogens (tertiary/aromatic N) is 3. The summed E-state index contributed by atoms with van der Waals surface area (Å²) in [4.78, 5) is 14.8. The van der Waals surface area contributed by atoms with Crippen LogP contribution >= 0.6 is 0 Å². The van der Waals surface area contributed by atoms with Gasteiger partial charge in [0.05, 0.1) is 4.90 Å². The van der Waals surface area contributed by atoms with Crippen molar-refractivity contribution >= 4 is 32.4 Å². The lowest BCUT2D eigenvalue weighted by Crippen LogP contribution is -2.46. The van der Waals surface area contributed by atoms with E-state index in [1.165, 1.54) is 10.5 Å². The SMILES string of the molecule is N#C/C(=C/N1CCN(S(=O)(=O)c2ccccc2)CC1)C(=O)Nc1cccc2c(O)cccc12. The number of benzene rings is 3. The summed E-state index contributed by atoms with van der Waals surface area (Å²) in [5.74, 6) is -0.476. The number of sulfonamides is 1. The maximum absolute atomic E-state index is 12.8. The van der Waals surface area contributed by atoms with Crippen LogP contribution in [0, 0.1) is 11.3 Å². The fraction of sp³-hybridized carbons (Fsp3) is 0.167. The molecule has 3 aromatic rings. The fourth-order valence-corrected chi connectivity index (χ4v) is 5.17. The van der Waals surface area contributed by atoms with Crippen LogP contribution in [-0.4, -0.2) is 54.8 Å². The number of nitrogens with one attached hydrogen (secondary N) is 1. The van der Waals surface area contributed by atoms with E-state index in [1.807, 2.05) is 6.07 Å². The highest BCUT2D eigenvalue weighted by Crippen LogP contribution is 2.30. The number of phenolic OH excluding ortho intramolecular Hbond substituents is 1. The zero-order valence-electron chi connectivity index (χ0n) is 17.7. The molecule has 0 spiro atoms. The second-order valence-corrected chi connectivity index (χ2v) is 9.48. The van der Waals surface area contributed by atoms with Crippen LogP contribution in [0.4, 0.5) is 5.69 Å². The van der Waals surface area contributed by atoms with Crippen molar-refractivity contribution in [2.45, 2.75) is 4.90 Å². The number of hydrogen-bond acceptors (Lipinski definition) is 6. The van der Waals surface area contributed by atoms with E-state index < -0.39 is 15.9 Å². The zero-order valence-corrected chi connectivity index (χ0v) is 18.5. The molecule has 1 saturated heterocycles. The van der Waals surface area contributed by atoms with E-state index in [2.05, 4.69) is 5.32 Å². The summed E-state index contributed by atoms with van der Waals surface area (Å²) in [7, 11) is -3.58. The molecule has 0 atom stereocenters. The normalized spacial score (nSPS) is 15.2. The number of carbonyl (C=O) groups excluding carboxylic acids is 1. The van der Waals surface area contributed by atoms with Crippen molar-refractivity contribution in [1.82, 2.24) is 9.21 Å². The zero-order chi connectivity index (χ0) is 23.4. The highest BCUT2D eigenvalue weighted by atomic mass is 32.2. The van der Waals surface area contributed by atoms with Gasteiger partial charge in [-0.3, -0.25) is 4.79 Å². The molecule has 0 aliphatic carbocycles. The Hall–Kier alpha value is -3.87. The van der Waals surface area contributed by atoms with Gasteiger partial charge in [0.2, 0.25) is 10.0 Å². The lowest BCUT2D eigenvalue weighted by atomic mass is 10.1. The molecule has 1 heterocycles. The topological polar surface area (TPSA) is 114 Å². The van der Waals surface area contributed by atoms with E-state index in [4.69, 9.17) is 0 Å². The number of anilines is 1. The highest BCUT2D eigenvalue weighted by molar-refractivity contribution is 7.89. The maximum atomic E-state index is 12.8. The molecular formula is C24H22N4O4S. The molecule has 168 valence electrons. The quantitative estimate of drug-likeness (QED) is 0.445. The fourth-order valence-electron chi connectivity index (χ4n) is 3.73. The average Bonchev–Trinajstić information content (AvgIpc) is 2.84. The Bertz CT molecular complexity index is 1360. The number of piperazine rings is 1. The number of carbonyl (C=O) groups is 1. The minimum atomic E-state index is -3.58. The molecule has 1 aliphatic heterocycles. The Morgan fingerprint density at radius 1 is 0.939 bits per heavy atom. The molecule has 33 heavy (non-hydrogen) atoms. The van der Waals surface area contributed by atoms with Gasteiger partial charge in [0.25, 0.3) is 5.91 Å². The van der Waals surface area contributed by atoms with Gasteiger partial charge in [-0.05, 0) is 24.3 Å². The van der Waals surface area contributed by atoms with E-state index in [0.29, 0.717) is 29.5 Å². The van der Waals surface area contributed by atoms with E-state index in [-0.39, 0.29) is 29.3 Å². The van der Waals surface area contributed by atoms with E-state index in [9.17, 15) is 23.6 Å². The molecule has 0 radical (unpaired) electrons. The van der Waals surface area contributed by atoms with Crippen molar-refractivity contribution < 1.29 is 18.3 Å². The van der Waals surface area contributed by atoms with Gasteiger partial charge < -0.3 is 15.3 Å². The Morgan fingerprint density at radius 2 is 1.61 bits per heavy atom. The van der Waals surface area contributed by atoms with Crippen molar-refractivity contribution in [3.63, 3.8) is 0 Å². The number of fused-ring (bicyclic) bond motifs is 1. The standard InChI is InChI=1S/C24H22N4O4S/c25-16-18(24(30)26-22-10-4-9-21-20(22)8-5-11-23(21)29)17-27-12-14-28(15-13-27)33(31,32)19-6-2-1-3-7-19/h1-11,17,29H,12-15H2,(H,26,30)/b18-17-. The Labute approximate surface area is 192 Å².